The van der Waals surface area contributed by atoms with E-state index in [0.29, 0.717) is 24.9 Å². The molecule has 0 spiro atoms. The van der Waals surface area contributed by atoms with Crippen LogP contribution < -0.4 is 10.1 Å². The maximum atomic E-state index is 13.2. The Kier molecular flexibility index (Phi) is 7.31. The first-order chi connectivity index (χ1) is 18.1. The van der Waals surface area contributed by atoms with Gasteiger partial charge in [-0.25, -0.2) is 4.79 Å². The van der Waals surface area contributed by atoms with Crippen LogP contribution in [-0.4, -0.2) is 34.2 Å². The molecular weight excluding hydrogens is 464 g/mol. The highest BCUT2D eigenvalue weighted by molar-refractivity contribution is 5.86. The molecule has 3 aromatic carbocycles. The molecule has 0 saturated carbocycles. The number of amides is 2. The van der Waals surface area contributed by atoms with Crippen LogP contribution in [0.4, 0.5) is 4.79 Å². The molecule has 1 aromatic heterocycles. The fraction of sp³-hybridized carbons (Fsp3) is 0.233. The number of nitrogens with one attached hydrogen (secondary N) is 1. The molecule has 0 bridgehead atoms. The fourth-order valence-electron chi connectivity index (χ4n) is 4.63. The van der Waals surface area contributed by atoms with Gasteiger partial charge in [0.15, 0.2) is 0 Å². The summed E-state index contributed by atoms with van der Waals surface area (Å²) in [6.07, 6.45) is 1.72. The molecule has 2 amide bonds. The van der Waals surface area contributed by atoms with Crippen LogP contribution >= 0.6 is 0 Å². The molecule has 5 rings (SSSR count). The number of allylic oxidation sites excluding steroid dienone is 1. The SMILES string of the molecule is CCOc1ccc(-c2noc(C3=C(C)N(CCCc4ccccc4)C(=O)NC3c3ccccc3)n2)cc1. The van der Waals surface area contributed by atoms with Gasteiger partial charge >= 0.3 is 6.03 Å². The Labute approximate surface area is 216 Å². The van der Waals surface area contributed by atoms with E-state index in [0.717, 1.165) is 41.0 Å². The minimum atomic E-state index is -0.396. The molecule has 0 fully saturated rings. The Hall–Kier alpha value is -4.39. The molecule has 1 aliphatic rings. The smallest absolute Gasteiger partial charge is 0.322 e. The van der Waals surface area contributed by atoms with Gasteiger partial charge in [0.1, 0.15) is 5.75 Å². The summed E-state index contributed by atoms with van der Waals surface area (Å²) in [6, 6.07) is 27.2. The van der Waals surface area contributed by atoms with Crippen molar-refractivity contribution < 1.29 is 14.1 Å². The summed E-state index contributed by atoms with van der Waals surface area (Å²) in [7, 11) is 0. The predicted octanol–water partition coefficient (Wildman–Crippen LogP) is 6.27. The number of aryl methyl sites for hydroxylation is 1. The number of hydrogen-bond acceptors (Lipinski definition) is 5. The van der Waals surface area contributed by atoms with Crippen molar-refractivity contribution in [2.24, 2.45) is 0 Å². The van der Waals surface area contributed by atoms with Crippen LogP contribution in [0.5, 0.6) is 5.75 Å². The van der Waals surface area contributed by atoms with E-state index in [1.54, 1.807) is 4.90 Å². The second-order valence-electron chi connectivity index (χ2n) is 8.91. The number of aromatic nitrogens is 2. The summed E-state index contributed by atoms with van der Waals surface area (Å²) < 4.78 is 11.3. The molecule has 188 valence electrons. The van der Waals surface area contributed by atoms with E-state index in [4.69, 9.17) is 14.2 Å². The lowest BCUT2D eigenvalue weighted by atomic mass is 9.94. The Bertz CT molecular complexity index is 1360. The van der Waals surface area contributed by atoms with Crippen LogP contribution in [0.3, 0.4) is 0 Å². The predicted molar refractivity (Wildman–Crippen MR) is 143 cm³/mol. The quantitative estimate of drug-likeness (QED) is 0.297. The average molecular weight is 495 g/mol. The molecule has 1 unspecified atom stereocenters. The molecule has 4 aromatic rings. The van der Waals surface area contributed by atoms with Gasteiger partial charge in [0.25, 0.3) is 5.89 Å². The number of hydrogen-bond donors (Lipinski definition) is 1. The molecule has 7 nitrogen and oxygen atoms in total. The van der Waals surface area contributed by atoms with Gasteiger partial charge < -0.3 is 14.6 Å². The number of carbonyl (C=O) groups excluding carboxylic acids is 1. The first-order valence-corrected chi connectivity index (χ1v) is 12.6. The fourth-order valence-corrected chi connectivity index (χ4v) is 4.63. The third-order valence-corrected chi connectivity index (χ3v) is 6.50. The number of ether oxygens (including phenoxy) is 1. The Morgan fingerprint density at radius 1 is 0.973 bits per heavy atom. The topological polar surface area (TPSA) is 80.5 Å². The van der Waals surface area contributed by atoms with E-state index in [9.17, 15) is 4.79 Å². The van der Waals surface area contributed by atoms with Crippen molar-refractivity contribution in [1.29, 1.82) is 0 Å². The molecular formula is C30H30N4O3. The lowest BCUT2D eigenvalue weighted by molar-refractivity contribution is 0.204. The molecule has 1 aliphatic heterocycles. The zero-order chi connectivity index (χ0) is 25.6. The minimum absolute atomic E-state index is 0.130. The van der Waals surface area contributed by atoms with Crippen LogP contribution in [0.1, 0.15) is 43.3 Å². The van der Waals surface area contributed by atoms with Crippen molar-refractivity contribution in [3.8, 4) is 17.1 Å². The van der Waals surface area contributed by atoms with Crippen molar-refractivity contribution in [3.63, 3.8) is 0 Å². The van der Waals surface area contributed by atoms with E-state index in [1.807, 2.05) is 86.6 Å². The number of urea groups is 1. The van der Waals surface area contributed by atoms with E-state index < -0.39 is 6.04 Å². The summed E-state index contributed by atoms with van der Waals surface area (Å²) in [5.74, 6) is 1.67. The standard InChI is InChI=1S/C30H30N4O3/c1-3-36-25-18-16-24(17-19-25)28-32-29(37-33-28)26-21(2)34(20-10-13-22-11-6-4-7-12-22)30(35)31-27(26)23-14-8-5-9-15-23/h4-9,11-12,14-19,27H,3,10,13,20H2,1-2H3,(H,31,35). The normalized spacial score (nSPS) is 15.6. The van der Waals surface area contributed by atoms with Gasteiger partial charge in [-0.15, -0.1) is 0 Å². The zero-order valence-corrected chi connectivity index (χ0v) is 21.1. The van der Waals surface area contributed by atoms with E-state index >= 15 is 0 Å². The van der Waals surface area contributed by atoms with Gasteiger partial charge in [0.05, 0.1) is 18.2 Å². The summed E-state index contributed by atoms with van der Waals surface area (Å²) in [5.41, 5.74) is 4.64. The van der Waals surface area contributed by atoms with Gasteiger partial charge in [0.2, 0.25) is 5.82 Å². The van der Waals surface area contributed by atoms with Crippen LogP contribution in [0.2, 0.25) is 0 Å². The summed E-state index contributed by atoms with van der Waals surface area (Å²) >= 11 is 0. The van der Waals surface area contributed by atoms with Crippen molar-refractivity contribution in [1.82, 2.24) is 20.4 Å². The highest BCUT2D eigenvalue weighted by atomic mass is 16.5. The third-order valence-electron chi connectivity index (χ3n) is 6.50. The number of carbonyl (C=O) groups is 1. The average Bonchev–Trinajstić information content (AvgIpc) is 3.42. The maximum absolute atomic E-state index is 13.2. The van der Waals surface area contributed by atoms with Crippen LogP contribution in [0, 0.1) is 0 Å². The minimum Gasteiger partial charge on any atom is -0.494 e. The van der Waals surface area contributed by atoms with Crippen LogP contribution in [0.15, 0.2) is 95.1 Å². The van der Waals surface area contributed by atoms with Crippen molar-refractivity contribution in [2.45, 2.75) is 32.7 Å². The third kappa shape index (κ3) is 5.40. The van der Waals surface area contributed by atoms with Gasteiger partial charge in [-0.05, 0) is 62.1 Å². The molecule has 1 atom stereocenters. The molecule has 0 aliphatic carbocycles. The molecule has 37 heavy (non-hydrogen) atoms. The first kappa shape index (κ1) is 24.3. The molecule has 1 N–H and O–H groups in total. The lowest BCUT2D eigenvalue weighted by Gasteiger charge is -2.35. The van der Waals surface area contributed by atoms with Gasteiger partial charge in [0, 0.05) is 17.8 Å². The Morgan fingerprint density at radius 3 is 2.38 bits per heavy atom. The molecule has 0 radical (unpaired) electrons. The monoisotopic (exact) mass is 494 g/mol. The number of rotatable bonds is 9. The van der Waals surface area contributed by atoms with Crippen molar-refractivity contribution in [3.05, 3.63) is 108 Å². The maximum Gasteiger partial charge on any atom is 0.322 e. The zero-order valence-electron chi connectivity index (χ0n) is 21.1. The number of benzene rings is 3. The molecule has 7 heteroatoms. The summed E-state index contributed by atoms with van der Waals surface area (Å²) in [4.78, 5) is 19.7. The second kappa shape index (κ2) is 11.1. The summed E-state index contributed by atoms with van der Waals surface area (Å²) in [5, 5.41) is 7.42. The van der Waals surface area contributed by atoms with Crippen molar-refractivity contribution in [2.75, 3.05) is 13.2 Å². The Morgan fingerprint density at radius 2 is 1.68 bits per heavy atom. The summed E-state index contributed by atoms with van der Waals surface area (Å²) in [6.45, 7) is 5.09. The largest absolute Gasteiger partial charge is 0.494 e. The van der Waals surface area contributed by atoms with E-state index in [-0.39, 0.29) is 6.03 Å². The van der Waals surface area contributed by atoms with E-state index in [2.05, 4.69) is 22.6 Å². The van der Waals surface area contributed by atoms with Crippen LogP contribution in [0.25, 0.3) is 17.0 Å². The molecule has 2 heterocycles. The number of nitrogens with zero attached hydrogens (tertiary/aromatic N) is 3. The highest BCUT2D eigenvalue weighted by Crippen LogP contribution is 2.37. The molecule has 0 saturated heterocycles. The first-order valence-electron chi connectivity index (χ1n) is 12.6. The lowest BCUT2D eigenvalue weighted by Crippen LogP contribution is -2.46. The second-order valence-corrected chi connectivity index (χ2v) is 8.91. The highest BCUT2D eigenvalue weighted by Gasteiger charge is 2.35. The Balaban J connectivity index is 1.46. The van der Waals surface area contributed by atoms with Gasteiger partial charge in [-0.3, -0.25) is 4.90 Å². The van der Waals surface area contributed by atoms with E-state index in [1.165, 1.54) is 5.56 Å². The van der Waals surface area contributed by atoms with Gasteiger partial charge in [-0.1, -0.05) is 65.8 Å². The van der Waals surface area contributed by atoms with Crippen molar-refractivity contribution >= 4 is 11.6 Å². The van der Waals surface area contributed by atoms with Crippen LogP contribution in [-0.2, 0) is 6.42 Å². The van der Waals surface area contributed by atoms with Gasteiger partial charge in [-0.2, -0.15) is 4.98 Å².